The zero-order valence-electron chi connectivity index (χ0n) is 12.2. The van der Waals surface area contributed by atoms with E-state index in [0.717, 1.165) is 71.0 Å². The number of urea groups is 1. The standard InChI is InChI=1S/C14H28N4O/c1-13-3-8-18(9-4-13)14(19)17-7-2-6-16(10-5-15)11-12-17/h13H,2-12,15H2,1H3. The van der Waals surface area contributed by atoms with Crippen LogP contribution in [0.3, 0.4) is 0 Å². The molecule has 0 aromatic heterocycles. The van der Waals surface area contributed by atoms with Crippen LogP contribution >= 0.6 is 0 Å². The quantitative estimate of drug-likeness (QED) is 0.806. The Kier molecular flexibility index (Phi) is 5.45. The van der Waals surface area contributed by atoms with Crippen molar-refractivity contribution >= 4 is 6.03 Å². The zero-order valence-corrected chi connectivity index (χ0v) is 12.2. The van der Waals surface area contributed by atoms with Gasteiger partial charge in [-0.15, -0.1) is 0 Å². The smallest absolute Gasteiger partial charge is 0.320 e. The third-order valence-electron chi connectivity index (χ3n) is 4.36. The maximum Gasteiger partial charge on any atom is 0.320 e. The molecule has 2 N–H and O–H groups in total. The first-order valence-corrected chi connectivity index (χ1v) is 7.67. The van der Waals surface area contributed by atoms with Gasteiger partial charge in [0.25, 0.3) is 0 Å². The lowest BCUT2D eigenvalue weighted by molar-refractivity contribution is 0.135. The summed E-state index contributed by atoms with van der Waals surface area (Å²) in [5.74, 6) is 0.772. The van der Waals surface area contributed by atoms with Gasteiger partial charge in [0.2, 0.25) is 0 Å². The Morgan fingerprint density at radius 2 is 1.74 bits per heavy atom. The van der Waals surface area contributed by atoms with Crippen molar-refractivity contribution in [1.82, 2.24) is 14.7 Å². The minimum Gasteiger partial charge on any atom is -0.329 e. The molecule has 2 heterocycles. The number of piperidine rings is 1. The van der Waals surface area contributed by atoms with Crippen molar-refractivity contribution in [1.29, 1.82) is 0 Å². The number of nitrogens with two attached hydrogens (primary N) is 1. The lowest BCUT2D eigenvalue weighted by Gasteiger charge is -2.34. The largest absolute Gasteiger partial charge is 0.329 e. The highest BCUT2D eigenvalue weighted by Gasteiger charge is 2.26. The average Bonchev–Trinajstić information content (AvgIpc) is 2.65. The van der Waals surface area contributed by atoms with Crippen molar-refractivity contribution in [3.05, 3.63) is 0 Å². The lowest BCUT2D eigenvalue weighted by atomic mass is 9.99. The first-order valence-electron chi connectivity index (χ1n) is 7.67. The van der Waals surface area contributed by atoms with Crippen LogP contribution in [0.25, 0.3) is 0 Å². The number of carbonyl (C=O) groups is 1. The number of carbonyl (C=O) groups excluding carboxylic acids is 1. The summed E-state index contributed by atoms with van der Waals surface area (Å²) in [7, 11) is 0. The Hall–Kier alpha value is -0.810. The monoisotopic (exact) mass is 268 g/mol. The van der Waals surface area contributed by atoms with Crippen LogP contribution in [0.1, 0.15) is 26.2 Å². The van der Waals surface area contributed by atoms with E-state index in [1.165, 1.54) is 0 Å². The molecule has 2 aliphatic rings. The van der Waals surface area contributed by atoms with Gasteiger partial charge in [0, 0.05) is 45.8 Å². The molecule has 2 saturated heterocycles. The van der Waals surface area contributed by atoms with Gasteiger partial charge in [-0.1, -0.05) is 6.92 Å². The van der Waals surface area contributed by atoms with E-state index in [9.17, 15) is 4.79 Å². The van der Waals surface area contributed by atoms with Crippen molar-refractivity contribution in [3.8, 4) is 0 Å². The fraction of sp³-hybridized carbons (Fsp3) is 0.929. The van der Waals surface area contributed by atoms with Gasteiger partial charge in [-0.25, -0.2) is 4.79 Å². The summed E-state index contributed by atoms with van der Waals surface area (Å²) in [5, 5.41) is 0. The van der Waals surface area contributed by atoms with Crippen molar-refractivity contribution < 1.29 is 4.79 Å². The van der Waals surface area contributed by atoms with E-state index >= 15 is 0 Å². The van der Waals surface area contributed by atoms with Gasteiger partial charge in [0.15, 0.2) is 0 Å². The topological polar surface area (TPSA) is 52.8 Å². The summed E-state index contributed by atoms with van der Waals surface area (Å²) in [6.07, 6.45) is 3.37. The maximum atomic E-state index is 12.5. The van der Waals surface area contributed by atoms with E-state index in [1.807, 2.05) is 9.80 Å². The van der Waals surface area contributed by atoms with Gasteiger partial charge in [0.05, 0.1) is 0 Å². The highest BCUT2D eigenvalue weighted by atomic mass is 16.2. The van der Waals surface area contributed by atoms with E-state index in [0.29, 0.717) is 6.54 Å². The fourth-order valence-electron chi connectivity index (χ4n) is 2.97. The van der Waals surface area contributed by atoms with E-state index in [2.05, 4.69) is 11.8 Å². The Bertz CT molecular complexity index is 289. The molecule has 19 heavy (non-hydrogen) atoms. The predicted molar refractivity (Wildman–Crippen MR) is 77.1 cm³/mol. The van der Waals surface area contributed by atoms with Crippen LogP contribution in [0.5, 0.6) is 0 Å². The molecule has 5 nitrogen and oxygen atoms in total. The molecule has 0 radical (unpaired) electrons. The van der Waals surface area contributed by atoms with Crippen molar-refractivity contribution in [2.45, 2.75) is 26.2 Å². The summed E-state index contributed by atoms with van der Waals surface area (Å²) in [6, 6.07) is 0.251. The highest BCUT2D eigenvalue weighted by Crippen LogP contribution is 2.17. The molecular formula is C14H28N4O. The second-order valence-electron chi connectivity index (χ2n) is 5.92. The van der Waals surface area contributed by atoms with E-state index < -0.39 is 0 Å². The molecule has 2 rings (SSSR count). The summed E-state index contributed by atoms with van der Waals surface area (Å²) in [5.41, 5.74) is 5.60. The summed E-state index contributed by atoms with van der Waals surface area (Å²) < 4.78 is 0. The SMILES string of the molecule is CC1CCN(C(=O)N2CCCN(CCN)CC2)CC1. The third-order valence-corrected chi connectivity index (χ3v) is 4.36. The van der Waals surface area contributed by atoms with Gasteiger partial charge in [-0.2, -0.15) is 0 Å². The van der Waals surface area contributed by atoms with Gasteiger partial charge >= 0.3 is 6.03 Å². The molecular weight excluding hydrogens is 240 g/mol. The first-order chi connectivity index (χ1) is 9.20. The van der Waals surface area contributed by atoms with Crippen LogP contribution in [0.15, 0.2) is 0 Å². The number of hydrogen-bond donors (Lipinski definition) is 1. The van der Waals surface area contributed by atoms with Gasteiger partial charge in [-0.3, -0.25) is 0 Å². The molecule has 0 aromatic rings. The van der Waals surface area contributed by atoms with Crippen LogP contribution in [0, 0.1) is 5.92 Å². The zero-order chi connectivity index (χ0) is 13.7. The Labute approximate surface area is 116 Å². The minimum absolute atomic E-state index is 0.251. The lowest BCUT2D eigenvalue weighted by Crippen LogP contribution is -2.47. The van der Waals surface area contributed by atoms with Crippen LogP contribution in [0.4, 0.5) is 4.79 Å². The van der Waals surface area contributed by atoms with Crippen LogP contribution < -0.4 is 5.73 Å². The summed E-state index contributed by atoms with van der Waals surface area (Å²) in [4.78, 5) is 18.9. The Morgan fingerprint density at radius 1 is 1.05 bits per heavy atom. The van der Waals surface area contributed by atoms with E-state index in [1.54, 1.807) is 0 Å². The molecule has 0 saturated carbocycles. The Morgan fingerprint density at radius 3 is 2.42 bits per heavy atom. The molecule has 2 fully saturated rings. The number of rotatable bonds is 2. The number of hydrogen-bond acceptors (Lipinski definition) is 3. The summed E-state index contributed by atoms with van der Waals surface area (Å²) >= 11 is 0. The molecule has 0 spiro atoms. The van der Waals surface area contributed by atoms with Crippen LogP contribution in [0.2, 0.25) is 0 Å². The Balaban J connectivity index is 1.82. The van der Waals surface area contributed by atoms with Gasteiger partial charge < -0.3 is 20.4 Å². The molecule has 2 aliphatic heterocycles. The van der Waals surface area contributed by atoms with Crippen molar-refractivity contribution in [2.75, 3.05) is 52.4 Å². The third kappa shape index (κ3) is 4.08. The van der Waals surface area contributed by atoms with Crippen LogP contribution in [-0.2, 0) is 0 Å². The second kappa shape index (κ2) is 7.10. The normalized spacial score (nSPS) is 23.5. The van der Waals surface area contributed by atoms with Crippen molar-refractivity contribution in [3.63, 3.8) is 0 Å². The van der Waals surface area contributed by atoms with Crippen LogP contribution in [-0.4, -0.2) is 73.1 Å². The molecule has 0 atom stereocenters. The predicted octanol–water partition coefficient (Wildman–Crippen LogP) is 0.805. The fourth-order valence-corrected chi connectivity index (χ4v) is 2.97. The van der Waals surface area contributed by atoms with Crippen molar-refractivity contribution in [2.24, 2.45) is 11.7 Å². The molecule has 0 aliphatic carbocycles. The van der Waals surface area contributed by atoms with E-state index in [4.69, 9.17) is 5.73 Å². The first kappa shape index (κ1) is 14.6. The van der Waals surface area contributed by atoms with E-state index in [-0.39, 0.29) is 6.03 Å². The van der Waals surface area contributed by atoms with Gasteiger partial charge in [0.1, 0.15) is 0 Å². The average molecular weight is 268 g/mol. The molecule has 0 aromatic carbocycles. The molecule has 0 unspecified atom stereocenters. The second-order valence-corrected chi connectivity index (χ2v) is 5.92. The minimum atomic E-state index is 0.251. The summed E-state index contributed by atoms with van der Waals surface area (Å²) in [6.45, 7) is 9.58. The maximum absolute atomic E-state index is 12.5. The molecule has 2 amide bonds. The number of likely N-dealkylation sites (tertiary alicyclic amines) is 1. The number of nitrogens with zero attached hydrogens (tertiary/aromatic N) is 3. The molecule has 5 heteroatoms. The molecule has 110 valence electrons. The number of amides is 2. The molecule has 0 bridgehead atoms. The highest BCUT2D eigenvalue weighted by molar-refractivity contribution is 5.74. The van der Waals surface area contributed by atoms with Gasteiger partial charge in [-0.05, 0) is 31.7 Å².